The number of fused-ring (bicyclic) bond motifs is 1. The Kier molecular flexibility index (Phi) is 9.40. The van der Waals surface area contributed by atoms with Crippen LogP contribution >= 0.6 is 34.5 Å². The van der Waals surface area contributed by atoms with E-state index in [9.17, 15) is 9.59 Å². The van der Waals surface area contributed by atoms with Crippen LogP contribution in [0.1, 0.15) is 43.5 Å². The van der Waals surface area contributed by atoms with Gasteiger partial charge in [0.05, 0.1) is 22.9 Å². The van der Waals surface area contributed by atoms with E-state index in [0.29, 0.717) is 60.8 Å². The molecule has 0 saturated heterocycles. The standard InChI is InChI=1S/C33H31Cl2N3O4S/c1-5-37(6-2)32(40)29-20(3)36-33-38(30(29)24-12-8-10-14-27(24)41-4)31(39)28(43-33)17-21-11-7-9-13-26(21)42-19-22-15-16-23(34)18-25(22)35/h7-18,30H,5-6,19H2,1-4H3/b28-17+/t30-/m0/s1. The molecule has 3 aromatic carbocycles. The third kappa shape index (κ3) is 6.13. The molecule has 0 saturated carbocycles. The first-order valence-corrected chi connectivity index (χ1v) is 15.4. The number of carbonyl (C=O) groups excluding carboxylic acids is 1. The zero-order valence-corrected chi connectivity index (χ0v) is 26.6. The van der Waals surface area contributed by atoms with Gasteiger partial charge in [-0.2, -0.15) is 0 Å². The minimum absolute atomic E-state index is 0.156. The van der Waals surface area contributed by atoms with Crippen LogP contribution in [0.15, 0.2) is 87.8 Å². The summed E-state index contributed by atoms with van der Waals surface area (Å²) < 4.78 is 13.9. The molecule has 0 N–H and O–H groups in total. The van der Waals surface area contributed by atoms with Crippen molar-refractivity contribution in [2.75, 3.05) is 20.2 Å². The highest BCUT2D eigenvalue weighted by atomic mass is 35.5. The maximum Gasteiger partial charge on any atom is 0.271 e. The maximum atomic E-state index is 14.2. The van der Waals surface area contributed by atoms with Crippen molar-refractivity contribution in [3.05, 3.63) is 124 Å². The first kappa shape index (κ1) is 30.6. The number of halogens is 2. The molecule has 7 nitrogen and oxygen atoms in total. The number of carbonyl (C=O) groups is 1. The number of hydrogen-bond acceptors (Lipinski definition) is 6. The van der Waals surface area contributed by atoms with Crippen LogP contribution in [0.5, 0.6) is 11.5 Å². The van der Waals surface area contributed by atoms with Crippen molar-refractivity contribution in [2.45, 2.75) is 33.4 Å². The lowest BCUT2D eigenvalue weighted by Gasteiger charge is -2.29. The summed E-state index contributed by atoms with van der Waals surface area (Å²) in [5, 5.41) is 1.06. The summed E-state index contributed by atoms with van der Waals surface area (Å²) in [5.74, 6) is 1.02. The van der Waals surface area contributed by atoms with E-state index in [2.05, 4.69) is 0 Å². The van der Waals surface area contributed by atoms with E-state index < -0.39 is 6.04 Å². The second-order valence-electron chi connectivity index (χ2n) is 9.86. The summed E-state index contributed by atoms with van der Waals surface area (Å²) in [6, 6.07) is 19.5. The highest BCUT2D eigenvalue weighted by Gasteiger charge is 2.35. The molecule has 5 rings (SSSR count). The molecule has 0 aliphatic carbocycles. The topological polar surface area (TPSA) is 73.1 Å². The fraction of sp³-hybridized carbons (Fsp3) is 0.242. The molecule has 0 spiro atoms. The second-order valence-corrected chi connectivity index (χ2v) is 11.7. The lowest BCUT2D eigenvalue weighted by molar-refractivity contribution is -0.127. The lowest BCUT2D eigenvalue weighted by Crippen LogP contribution is -2.43. The van der Waals surface area contributed by atoms with Gasteiger partial charge in [0.2, 0.25) is 0 Å². The van der Waals surface area contributed by atoms with Crippen molar-refractivity contribution in [1.82, 2.24) is 9.47 Å². The van der Waals surface area contributed by atoms with E-state index in [0.717, 1.165) is 11.1 Å². The number of thiazole rings is 1. The lowest BCUT2D eigenvalue weighted by atomic mass is 9.94. The van der Waals surface area contributed by atoms with Gasteiger partial charge in [0.1, 0.15) is 24.1 Å². The zero-order valence-electron chi connectivity index (χ0n) is 24.3. The number of amides is 1. The SMILES string of the molecule is CCN(CC)C(=O)C1=C(C)N=c2s/c(=C/c3ccccc3OCc3ccc(Cl)cc3Cl)c(=O)n2[C@H]1c1ccccc1OC. The smallest absolute Gasteiger partial charge is 0.271 e. The number of benzene rings is 3. The van der Waals surface area contributed by atoms with E-state index in [-0.39, 0.29) is 18.1 Å². The van der Waals surface area contributed by atoms with Crippen LogP contribution in [0, 0.1) is 0 Å². The highest BCUT2D eigenvalue weighted by molar-refractivity contribution is 7.07. The zero-order chi connectivity index (χ0) is 30.7. The average Bonchev–Trinajstić information content (AvgIpc) is 3.31. The molecule has 0 unspecified atom stereocenters. The maximum absolute atomic E-state index is 14.2. The van der Waals surface area contributed by atoms with Gasteiger partial charge >= 0.3 is 0 Å². The van der Waals surface area contributed by atoms with Gasteiger partial charge in [-0.1, -0.05) is 77.0 Å². The Balaban J connectivity index is 1.63. The van der Waals surface area contributed by atoms with Crippen molar-refractivity contribution in [3.63, 3.8) is 0 Å². The third-order valence-electron chi connectivity index (χ3n) is 7.34. The van der Waals surface area contributed by atoms with Gasteiger partial charge in [0.15, 0.2) is 4.80 Å². The van der Waals surface area contributed by atoms with Crippen molar-refractivity contribution in [2.24, 2.45) is 4.99 Å². The Morgan fingerprint density at radius 1 is 1.05 bits per heavy atom. The van der Waals surface area contributed by atoms with E-state index in [1.165, 1.54) is 11.3 Å². The molecule has 43 heavy (non-hydrogen) atoms. The molecule has 2 heterocycles. The number of likely N-dealkylation sites (N-methyl/N-ethyl adjacent to an activating group) is 1. The average molecular weight is 637 g/mol. The molecule has 1 aliphatic heterocycles. The molecule has 0 fully saturated rings. The molecule has 222 valence electrons. The van der Waals surface area contributed by atoms with Crippen LogP contribution in [-0.4, -0.2) is 35.6 Å². The first-order valence-electron chi connectivity index (χ1n) is 13.9. The predicted octanol–water partition coefficient (Wildman–Crippen LogP) is 6.00. The molecule has 1 aromatic heterocycles. The number of nitrogens with zero attached hydrogens (tertiary/aromatic N) is 3. The van der Waals surface area contributed by atoms with E-state index in [4.69, 9.17) is 37.7 Å². The Labute approximate surface area is 263 Å². The van der Waals surface area contributed by atoms with Crippen LogP contribution in [0.2, 0.25) is 10.0 Å². The van der Waals surface area contributed by atoms with Crippen LogP contribution in [0.4, 0.5) is 0 Å². The number of ether oxygens (including phenoxy) is 2. The molecule has 10 heteroatoms. The number of allylic oxidation sites excluding steroid dienone is 1. The fourth-order valence-electron chi connectivity index (χ4n) is 5.13. The summed E-state index contributed by atoms with van der Waals surface area (Å²) in [6.45, 7) is 6.99. The van der Waals surface area contributed by atoms with Crippen LogP contribution < -0.4 is 24.4 Å². The van der Waals surface area contributed by atoms with Gasteiger partial charge < -0.3 is 14.4 Å². The quantitative estimate of drug-likeness (QED) is 0.226. The van der Waals surface area contributed by atoms with Gasteiger partial charge in [0, 0.05) is 39.8 Å². The summed E-state index contributed by atoms with van der Waals surface area (Å²) in [7, 11) is 1.58. The van der Waals surface area contributed by atoms with Gasteiger partial charge in [0.25, 0.3) is 11.5 Å². The van der Waals surface area contributed by atoms with E-state index in [1.54, 1.807) is 34.8 Å². The molecule has 0 bridgehead atoms. The molecule has 0 radical (unpaired) electrons. The van der Waals surface area contributed by atoms with Crippen LogP contribution in [0.25, 0.3) is 6.08 Å². The van der Waals surface area contributed by atoms with Gasteiger partial charge in [-0.25, -0.2) is 4.99 Å². The van der Waals surface area contributed by atoms with Crippen LogP contribution in [0.3, 0.4) is 0 Å². The number of para-hydroxylation sites is 2. The second kappa shape index (κ2) is 13.2. The first-order chi connectivity index (χ1) is 20.8. The minimum atomic E-state index is -0.707. The summed E-state index contributed by atoms with van der Waals surface area (Å²) in [4.78, 5) is 35.1. The molecule has 1 atom stereocenters. The van der Waals surface area contributed by atoms with E-state index >= 15 is 0 Å². The van der Waals surface area contributed by atoms with Crippen molar-refractivity contribution in [3.8, 4) is 11.5 Å². The normalized spacial score (nSPS) is 14.7. The Morgan fingerprint density at radius 3 is 2.44 bits per heavy atom. The van der Waals surface area contributed by atoms with Crippen molar-refractivity contribution < 1.29 is 14.3 Å². The number of rotatable bonds is 9. The Bertz CT molecular complexity index is 1890. The molecule has 1 aliphatic rings. The predicted molar refractivity (Wildman–Crippen MR) is 172 cm³/mol. The highest BCUT2D eigenvalue weighted by Crippen LogP contribution is 2.36. The molecule has 4 aromatic rings. The van der Waals surface area contributed by atoms with Gasteiger partial charge in [-0.3, -0.25) is 14.2 Å². The number of methoxy groups -OCH3 is 1. The summed E-state index contributed by atoms with van der Waals surface area (Å²) in [5.41, 5.74) is 3.00. The summed E-state index contributed by atoms with van der Waals surface area (Å²) >= 11 is 13.7. The van der Waals surface area contributed by atoms with Gasteiger partial charge in [-0.05, 0) is 51.1 Å². The number of aromatic nitrogens is 1. The van der Waals surface area contributed by atoms with Crippen molar-refractivity contribution >= 4 is 46.5 Å². The monoisotopic (exact) mass is 635 g/mol. The van der Waals surface area contributed by atoms with E-state index in [1.807, 2.05) is 75.4 Å². The molecule has 1 amide bonds. The number of hydrogen-bond donors (Lipinski definition) is 0. The molecular formula is C33H31Cl2N3O4S. The third-order valence-corrected chi connectivity index (χ3v) is 8.91. The molecular weight excluding hydrogens is 605 g/mol. The largest absolute Gasteiger partial charge is 0.496 e. The fourth-order valence-corrected chi connectivity index (χ4v) is 6.63. The minimum Gasteiger partial charge on any atom is -0.496 e. The Morgan fingerprint density at radius 2 is 1.74 bits per heavy atom. The Hall–Kier alpha value is -3.85. The van der Waals surface area contributed by atoms with Crippen molar-refractivity contribution in [1.29, 1.82) is 0 Å². The van der Waals surface area contributed by atoms with Gasteiger partial charge in [-0.15, -0.1) is 0 Å². The summed E-state index contributed by atoms with van der Waals surface area (Å²) in [6.07, 6.45) is 1.80. The van der Waals surface area contributed by atoms with Crippen LogP contribution in [-0.2, 0) is 11.4 Å².